The number of aromatic nitrogens is 4. The zero-order valence-electron chi connectivity index (χ0n) is 18.8. The molecule has 5 heterocycles. The number of rotatable bonds is 4. The molecule has 0 aliphatic carbocycles. The average Bonchev–Trinajstić information content (AvgIpc) is 3.46. The third-order valence-electron chi connectivity index (χ3n) is 6.22. The molecule has 1 aromatic carbocycles. The molecular weight excluding hydrogens is 471 g/mol. The topological polar surface area (TPSA) is 93.8 Å². The number of hydrogen-bond donors (Lipinski definition) is 1. The number of para-hydroxylation sites is 1. The fourth-order valence-corrected chi connectivity index (χ4v) is 5.59. The van der Waals surface area contributed by atoms with Gasteiger partial charge in [0.2, 0.25) is 5.43 Å². The highest BCUT2D eigenvalue weighted by molar-refractivity contribution is 7.24. The number of amides is 1. The molecule has 0 unspecified atom stereocenters. The van der Waals surface area contributed by atoms with Crippen LogP contribution in [-0.2, 0) is 18.3 Å². The van der Waals surface area contributed by atoms with E-state index in [4.69, 9.17) is 4.74 Å². The number of anilines is 1. The summed E-state index contributed by atoms with van der Waals surface area (Å²) >= 11 is 1.33. The molecule has 0 bridgehead atoms. The van der Waals surface area contributed by atoms with Crippen LogP contribution in [0.3, 0.4) is 0 Å². The summed E-state index contributed by atoms with van der Waals surface area (Å²) in [6, 6.07) is 8.80. The van der Waals surface area contributed by atoms with Crippen LogP contribution in [0.4, 0.5) is 10.2 Å². The lowest BCUT2D eigenvalue weighted by Gasteiger charge is -2.28. The summed E-state index contributed by atoms with van der Waals surface area (Å²) in [6.07, 6.45) is 3.41. The number of halogens is 1. The van der Waals surface area contributed by atoms with Crippen molar-refractivity contribution in [1.82, 2.24) is 24.3 Å². The Morgan fingerprint density at radius 1 is 1.26 bits per heavy atom. The van der Waals surface area contributed by atoms with Gasteiger partial charge in [-0.25, -0.2) is 14.4 Å². The van der Waals surface area contributed by atoms with Gasteiger partial charge in [0.1, 0.15) is 16.2 Å². The second kappa shape index (κ2) is 8.43. The van der Waals surface area contributed by atoms with E-state index in [1.807, 2.05) is 36.2 Å². The third-order valence-corrected chi connectivity index (χ3v) is 7.36. The van der Waals surface area contributed by atoms with Crippen molar-refractivity contribution in [1.29, 1.82) is 0 Å². The van der Waals surface area contributed by atoms with Crippen LogP contribution < -0.4 is 15.6 Å². The van der Waals surface area contributed by atoms with Gasteiger partial charge in [0.15, 0.2) is 17.3 Å². The molecule has 9 nitrogen and oxygen atoms in total. The molecule has 0 saturated carbocycles. The van der Waals surface area contributed by atoms with Gasteiger partial charge < -0.3 is 19.5 Å². The number of nitrogens with zero attached hydrogens (tertiary/aromatic N) is 5. The number of hydrogen-bond acceptors (Lipinski definition) is 7. The van der Waals surface area contributed by atoms with E-state index in [1.54, 1.807) is 21.4 Å². The van der Waals surface area contributed by atoms with Gasteiger partial charge in [0, 0.05) is 32.5 Å². The van der Waals surface area contributed by atoms with Crippen LogP contribution >= 0.6 is 11.3 Å². The van der Waals surface area contributed by atoms with Crippen molar-refractivity contribution in [3.05, 3.63) is 70.2 Å². The minimum absolute atomic E-state index is 0.0340. The highest BCUT2D eigenvalue weighted by atomic mass is 32.1. The number of pyridine rings is 2. The van der Waals surface area contributed by atoms with E-state index in [9.17, 15) is 9.59 Å². The van der Waals surface area contributed by atoms with Gasteiger partial charge in [-0.15, -0.1) is 11.3 Å². The molecule has 4 aromatic heterocycles. The molecule has 6 rings (SSSR count). The van der Waals surface area contributed by atoms with Crippen molar-refractivity contribution in [3.8, 4) is 0 Å². The monoisotopic (exact) mass is 492 g/mol. The molecule has 0 radical (unpaired) electrons. The lowest BCUT2D eigenvalue weighted by Crippen LogP contribution is -2.37. The van der Waals surface area contributed by atoms with E-state index in [1.165, 1.54) is 17.4 Å². The van der Waals surface area contributed by atoms with E-state index in [0.29, 0.717) is 42.6 Å². The zero-order valence-corrected chi connectivity index (χ0v) is 19.6. The van der Waals surface area contributed by atoms with E-state index < -0.39 is 17.2 Å². The molecule has 0 spiro atoms. The molecule has 1 saturated heterocycles. The average molecular weight is 493 g/mol. The lowest BCUT2D eigenvalue weighted by atomic mass is 10.1. The van der Waals surface area contributed by atoms with Crippen molar-refractivity contribution in [2.24, 2.45) is 7.05 Å². The van der Waals surface area contributed by atoms with Crippen molar-refractivity contribution in [3.63, 3.8) is 0 Å². The van der Waals surface area contributed by atoms with E-state index >= 15 is 4.39 Å². The van der Waals surface area contributed by atoms with E-state index in [2.05, 4.69) is 15.3 Å². The first kappa shape index (κ1) is 21.7. The SMILES string of the molecule is Cn1ccnc1CNC(=O)c1c(=O)c2cc(F)c(N3CCOCC3)nc2n2c1sc1ccccc12. The number of ether oxygens (including phenoxy) is 1. The number of imidazole rings is 1. The normalized spacial score (nSPS) is 14.3. The highest BCUT2D eigenvalue weighted by Crippen LogP contribution is 2.32. The Morgan fingerprint density at radius 2 is 2.06 bits per heavy atom. The van der Waals surface area contributed by atoms with Crippen molar-refractivity contribution in [2.45, 2.75) is 6.54 Å². The van der Waals surface area contributed by atoms with Crippen LogP contribution in [0.5, 0.6) is 0 Å². The van der Waals surface area contributed by atoms with Gasteiger partial charge in [-0.2, -0.15) is 0 Å². The molecule has 178 valence electrons. The quantitative estimate of drug-likeness (QED) is 0.415. The summed E-state index contributed by atoms with van der Waals surface area (Å²) in [5, 5.41) is 2.85. The maximum absolute atomic E-state index is 15.2. The number of benzene rings is 1. The van der Waals surface area contributed by atoms with Crippen molar-refractivity contribution < 1.29 is 13.9 Å². The van der Waals surface area contributed by atoms with Gasteiger partial charge in [0.05, 0.1) is 35.4 Å². The van der Waals surface area contributed by atoms with E-state index in [-0.39, 0.29) is 23.3 Å². The molecule has 35 heavy (non-hydrogen) atoms. The first-order valence-electron chi connectivity index (χ1n) is 11.2. The maximum atomic E-state index is 15.2. The predicted octanol–water partition coefficient (Wildman–Crippen LogP) is 2.70. The van der Waals surface area contributed by atoms with E-state index in [0.717, 1.165) is 10.2 Å². The fourth-order valence-electron chi connectivity index (χ4n) is 4.41. The summed E-state index contributed by atoms with van der Waals surface area (Å²) in [5.74, 6) is -0.317. The number of thiazole rings is 1. The van der Waals surface area contributed by atoms with Gasteiger partial charge in [-0.3, -0.25) is 14.0 Å². The lowest BCUT2D eigenvalue weighted by molar-refractivity contribution is 0.0950. The fraction of sp³-hybridized carbons (Fsp3) is 0.250. The summed E-state index contributed by atoms with van der Waals surface area (Å²) in [6.45, 7) is 2.12. The van der Waals surface area contributed by atoms with Crippen LogP contribution in [0.1, 0.15) is 16.2 Å². The van der Waals surface area contributed by atoms with Crippen LogP contribution in [0.25, 0.3) is 26.1 Å². The highest BCUT2D eigenvalue weighted by Gasteiger charge is 2.25. The summed E-state index contributed by atoms with van der Waals surface area (Å²) in [7, 11) is 1.82. The standard InChI is InChI=1S/C24H21FN6O3S/c1-29-7-6-26-18(29)13-27-23(33)19-20(32)14-12-15(25)22(30-8-10-34-11-9-30)28-21(14)31-16-4-2-3-5-17(16)35-24(19)31/h2-7,12H,8-11,13H2,1H3,(H,27,33). The molecular formula is C24H21FN6O3S. The number of carbonyl (C=O) groups is 1. The van der Waals surface area contributed by atoms with Gasteiger partial charge in [0.25, 0.3) is 5.91 Å². The van der Waals surface area contributed by atoms with Gasteiger partial charge in [-0.05, 0) is 18.2 Å². The Balaban J connectivity index is 1.58. The maximum Gasteiger partial charge on any atom is 0.258 e. The number of nitrogens with one attached hydrogen (secondary N) is 1. The minimum Gasteiger partial charge on any atom is -0.378 e. The number of carbonyl (C=O) groups excluding carboxylic acids is 1. The molecule has 11 heteroatoms. The first-order chi connectivity index (χ1) is 17.0. The molecule has 1 amide bonds. The van der Waals surface area contributed by atoms with Crippen LogP contribution in [0.2, 0.25) is 0 Å². The third kappa shape index (κ3) is 3.55. The summed E-state index contributed by atoms with van der Waals surface area (Å²) in [4.78, 5) is 38.0. The molecule has 1 fully saturated rings. The van der Waals surface area contributed by atoms with Crippen LogP contribution in [-0.4, -0.2) is 51.1 Å². The summed E-state index contributed by atoms with van der Waals surface area (Å²) in [5.41, 5.74) is 0.533. The van der Waals surface area contributed by atoms with Crippen molar-refractivity contribution >= 4 is 49.1 Å². The minimum atomic E-state index is -0.602. The largest absolute Gasteiger partial charge is 0.378 e. The van der Waals surface area contributed by atoms with Crippen molar-refractivity contribution in [2.75, 3.05) is 31.2 Å². The zero-order chi connectivity index (χ0) is 24.1. The number of fused-ring (bicyclic) bond motifs is 5. The Morgan fingerprint density at radius 3 is 2.83 bits per heavy atom. The molecule has 1 aliphatic heterocycles. The Hall–Kier alpha value is -3.83. The molecule has 1 N–H and O–H groups in total. The van der Waals surface area contributed by atoms with Gasteiger partial charge >= 0.3 is 0 Å². The predicted molar refractivity (Wildman–Crippen MR) is 132 cm³/mol. The van der Waals surface area contributed by atoms with Gasteiger partial charge in [-0.1, -0.05) is 12.1 Å². The second-order valence-corrected chi connectivity index (χ2v) is 9.35. The second-order valence-electron chi connectivity index (χ2n) is 8.32. The Labute approximate surface area is 202 Å². The summed E-state index contributed by atoms with van der Waals surface area (Å²) < 4.78 is 25.1. The molecule has 0 atom stereocenters. The molecule has 5 aromatic rings. The smallest absolute Gasteiger partial charge is 0.258 e. The Bertz CT molecular complexity index is 1670. The van der Waals surface area contributed by atoms with Crippen LogP contribution in [0.15, 0.2) is 47.5 Å². The molecule has 1 aliphatic rings. The first-order valence-corrected chi connectivity index (χ1v) is 12.0. The van der Waals surface area contributed by atoms with Crippen LogP contribution in [0, 0.1) is 5.82 Å². The number of aryl methyl sites for hydroxylation is 1. The Kier molecular flexibility index (Phi) is 5.23. The number of morpholine rings is 1.